The van der Waals surface area contributed by atoms with E-state index in [4.69, 9.17) is 29.0 Å². The summed E-state index contributed by atoms with van der Waals surface area (Å²) in [5.74, 6) is 4.55. The Bertz CT molecular complexity index is 375. The molecule has 3 N–H and O–H groups in total. The number of amides is 1. The van der Waals surface area contributed by atoms with Crippen molar-refractivity contribution in [3.05, 3.63) is 33.8 Å². The number of rotatable bonds is 3. The maximum atomic E-state index is 11.3. The summed E-state index contributed by atoms with van der Waals surface area (Å²) >= 11 is 11.8. The zero-order chi connectivity index (χ0) is 11.3. The highest BCUT2D eigenvalue weighted by Crippen LogP contribution is 2.24. The number of halogens is 3. The number of hydrazone groups is 1. The van der Waals surface area contributed by atoms with Gasteiger partial charge >= 0.3 is 0 Å². The lowest BCUT2D eigenvalue weighted by Crippen LogP contribution is -2.24. The first kappa shape index (κ1) is 15.0. The molecule has 0 radical (unpaired) electrons. The van der Waals surface area contributed by atoms with Gasteiger partial charge in [0.1, 0.15) is 6.34 Å². The molecule has 0 unspecified atom stereocenters. The van der Waals surface area contributed by atoms with Crippen LogP contribution in [-0.4, -0.2) is 12.2 Å². The van der Waals surface area contributed by atoms with Crippen LogP contribution in [0.1, 0.15) is 5.56 Å². The van der Waals surface area contributed by atoms with Gasteiger partial charge in [0.15, 0.2) is 0 Å². The lowest BCUT2D eigenvalue weighted by molar-refractivity contribution is -0.118. The van der Waals surface area contributed by atoms with Crippen molar-refractivity contribution in [3.8, 4) is 0 Å². The Morgan fingerprint density at radius 1 is 1.44 bits per heavy atom. The number of nitrogens with one attached hydrogen (secondary N) is 1. The summed E-state index contributed by atoms with van der Waals surface area (Å²) in [6.07, 6.45) is 1.19. The Hall–Kier alpha value is -0.970. The van der Waals surface area contributed by atoms with Crippen LogP contribution in [-0.2, 0) is 11.2 Å². The third kappa shape index (κ3) is 4.26. The van der Waals surface area contributed by atoms with Crippen molar-refractivity contribution in [3.63, 3.8) is 0 Å². The van der Waals surface area contributed by atoms with Crippen molar-refractivity contribution < 1.29 is 4.79 Å². The van der Waals surface area contributed by atoms with Crippen molar-refractivity contribution >= 4 is 47.9 Å². The first-order valence-corrected chi connectivity index (χ1v) is 4.84. The number of carbonyl (C=O) groups excluding carboxylic acids is 1. The molecule has 0 aromatic heterocycles. The molecule has 7 heteroatoms. The van der Waals surface area contributed by atoms with Crippen LogP contribution in [0.25, 0.3) is 0 Å². The van der Waals surface area contributed by atoms with Crippen molar-refractivity contribution in [2.75, 3.05) is 0 Å². The molecule has 0 atom stereocenters. The normalized spacial score (nSPS) is 9.88. The maximum absolute atomic E-state index is 11.3. The minimum atomic E-state index is -0.279. The fraction of sp³-hybridized carbons (Fsp3) is 0.111. The van der Waals surface area contributed by atoms with E-state index >= 15 is 0 Å². The SMILES string of the molecule is Cl.N/N=C/NC(=O)Cc1c(Cl)cccc1Cl. The van der Waals surface area contributed by atoms with E-state index in [2.05, 4.69) is 10.4 Å². The van der Waals surface area contributed by atoms with E-state index in [-0.39, 0.29) is 24.7 Å². The number of benzene rings is 1. The predicted octanol–water partition coefficient (Wildman–Crippen LogP) is 1.98. The molecule has 16 heavy (non-hydrogen) atoms. The van der Waals surface area contributed by atoms with Crippen LogP contribution >= 0.6 is 35.6 Å². The van der Waals surface area contributed by atoms with Gasteiger partial charge in [-0.05, 0) is 17.7 Å². The molecule has 1 aromatic rings. The zero-order valence-corrected chi connectivity index (χ0v) is 10.4. The maximum Gasteiger partial charge on any atom is 0.229 e. The smallest absolute Gasteiger partial charge is 0.229 e. The van der Waals surface area contributed by atoms with Gasteiger partial charge in [0.05, 0.1) is 6.42 Å². The van der Waals surface area contributed by atoms with Crippen LogP contribution in [0.3, 0.4) is 0 Å². The van der Waals surface area contributed by atoms with E-state index in [0.717, 1.165) is 6.34 Å². The molecule has 0 saturated heterocycles. The van der Waals surface area contributed by atoms with E-state index in [0.29, 0.717) is 15.6 Å². The number of hydrogen-bond acceptors (Lipinski definition) is 3. The molecule has 88 valence electrons. The van der Waals surface area contributed by atoms with E-state index in [1.165, 1.54) is 0 Å². The van der Waals surface area contributed by atoms with Crippen LogP contribution in [0.15, 0.2) is 23.3 Å². The standard InChI is InChI=1S/C9H9Cl2N3O.ClH/c10-7-2-1-3-8(11)6(7)4-9(15)13-5-14-12;/h1-3,5H,4,12H2,(H,13,14,15);1H. The first-order valence-electron chi connectivity index (χ1n) is 4.09. The van der Waals surface area contributed by atoms with Gasteiger partial charge in [-0.15, -0.1) is 12.4 Å². The average Bonchev–Trinajstić information content (AvgIpc) is 2.21. The van der Waals surface area contributed by atoms with Crippen molar-refractivity contribution in [1.29, 1.82) is 0 Å². The minimum absolute atomic E-state index is 0. The van der Waals surface area contributed by atoms with Gasteiger partial charge in [0.25, 0.3) is 0 Å². The van der Waals surface area contributed by atoms with Gasteiger partial charge < -0.3 is 11.2 Å². The highest BCUT2D eigenvalue weighted by atomic mass is 35.5. The van der Waals surface area contributed by atoms with Crippen molar-refractivity contribution in [2.45, 2.75) is 6.42 Å². The lowest BCUT2D eigenvalue weighted by atomic mass is 10.1. The first-order chi connectivity index (χ1) is 7.15. The summed E-state index contributed by atoms with van der Waals surface area (Å²) in [7, 11) is 0. The second kappa shape index (κ2) is 7.33. The van der Waals surface area contributed by atoms with Crippen molar-refractivity contribution in [2.24, 2.45) is 10.9 Å². The molecule has 0 aliphatic carbocycles. The van der Waals surface area contributed by atoms with Crippen LogP contribution < -0.4 is 11.2 Å². The van der Waals surface area contributed by atoms with E-state index < -0.39 is 0 Å². The van der Waals surface area contributed by atoms with Gasteiger partial charge in [0.2, 0.25) is 5.91 Å². The summed E-state index contributed by atoms with van der Waals surface area (Å²) in [6, 6.07) is 5.06. The van der Waals surface area contributed by atoms with Crippen molar-refractivity contribution in [1.82, 2.24) is 5.32 Å². The van der Waals surface area contributed by atoms with E-state index in [1.54, 1.807) is 18.2 Å². The average molecular weight is 283 g/mol. The fourth-order valence-electron chi connectivity index (χ4n) is 1.02. The zero-order valence-electron chi connectivity index (χ0n) is 8.11. The van der Waals surface area contributed by atoms with Gasteiger partial charge in [-0.2, -0.15) is 5.10 Å². The highest BCUT2D eigenvalue weighted by molar-refractivity contribution is 6.36. The predicted molar refractivity (Wildman–Crippen MR) is 68.2 cm³/mol. The van der Waals surface area contributed by atoms with Gasteiger partial charge in [0, 0.05) is 10.0 Å². The molecule has 0 aliphatic heterocycles. The molecular formula is C9H10Cl3N3O. The molecule has 0 bridgehead atoms. The molecule has 0 aliphatic rings. The van der Waals surface area contributed by atoms with Crippen LogP contribution in [0.4, 0.5) is 0 Å². The summed E-state index contributed by atoms with van der Waals surface area (Å²) in [4.78, 5) is 11.3. The Morgan fingerprint density at radius 2 is 2.00 bits per heavy atom. The molecule has 1 amide bonds. The lowest BCUT2D eigenvalue weighted by Gasteiger charge is -2.05. The number of nitrogens with zero attached hydrogens (tertiary/aromatic N) is 1. The topological polar surface area (TPSA) is 67.5 Å². The third-order valence-corrected chi connectivity index (χ3v) is 2.41. The van der Waals surface area contributed by atoms with E-state index in [9.17, 15) is 4.79 Å². The minimum Gasteiger partial charge on any atom is -0.322 e. The second-order valence-electron chi connectivity index (χ2n) is 2.72. The molecular weight excluding hydrogens is 272 g/mol. The Balaban J connectivity index is 0.00000225. The van der Waals surface area contributed by atoms with Gasteiger partial charge in [-0.1, -0.05) is 29.3 Å². The number of carbonyl (C=O) groups is 1. The number of hydrogen-bond donors (Lipinski definition) is 2. The van der Waals surface area contributed by atoms with Gasteiger partial charge in [-0.25, -0.2) is 0 Å². The molecule has 1 aromatic carbocycles. The third-order valence-electron chi connectivity index (χ3n) is 1.70. The summed E-state index contributed by atoms with van der Waals surface area (Å²) in [6.45, 7) is 0. The van der Waals surface area contributed by atoms with Crippen LogP contribution in [0.5, 0.6) is 0 Å². The van der Waals surface area contributed by atoms with Crippen LogP contribution in [0.2, 0.25) is 10.0 Å². The number of nitrogens with two attached hydrogens (primary N) is 1. The molecule has 4 nitrogen and oxygen atoms in total. The summed E-state index contributed by atoms with van der Waals surface area (Å²) in [5.41, 5.74) is 0.587. The Morgan fingerprint density at radius 3 is 2.50 bits per heavy atom. The van der Waals surface area contributed by atoms with Crippen LogP contribution in [0, 0.1) is 0 Å². The largest absolute Gasteiger partial charge is 0.322 e. The Labute approximate surface area is 109 Å². The fourth-order valence-corrected chi connectivity index (χ4v) is 1.55. The van der Waals surface area contributed by atoms with E-state index in [1.807, 2.05) is 0 Å². The second-order valence-corrected chi connectivity index (χ2v) is 3.54. The quantitative estimate of drug-likeness (QED) is 0.385. The molecule has 1 rings (SSSR count). The molecule has 0 saturated carbocycles. The van der Waals surface area contributed by atoms with Gasteiger partial charge in [-0.3, -0.25) is 4.79 Å². The molecule has 0 spiro atoms. The Kier molecular flexibility index (Phi) is 6.88. The highest BCUT2D eigenvalue weighted by Gasteiger charge is 2.09. The molecule has 0 heterocycles. The monoisotopic (exact) mass is 281 g/mol. The molecule has 0 fully saturated rings. The summed E-state index contributed by atoms with van der Waals surface area (Å²) in [5, 5.41) is 6.42. The summed E-state index contributed by atoms with van der Waals surface area (Å²) < 4.78 is 0.